The molecule has 1 aliphatic rings. The number of carbonyl (C=O) groups excluding carboxylic acids is 2. The van der Waals surface area contributed by atoms with Crippen molar-refractivity contribution in [2.24, 2.45) is 0 Å². The van der Waals surface area contributed by atoms with Gasteiger partial charge in [0.05, 0.1) is 4.90 Å². The van der Waals surface area contributed by atoms with Gasteiger partial charge in [-0.25, -0.2) is 13.1 Å². The molecular formula is C22H27N3O4S. The van der Waals surface area contributed by atoms with E-state index in [1.165, 1.54) is 5.56 Å². The second-order valence-electron chi connectivity index (χ2n) is 7.61. The Bertz CT molecular complexity index is 1060. The van der Waals surface area contributed by atoms with Gasteiger partial charge < -0.3 is 0 Å². The van der Waals surface area contributed by atoms with Crippen LogP contribution in [0.5, 0.6) is 0 Å². The third-order valence-corrected chi connectivity index (χ3v) is 6.68. The van der Waals surface area contributed by atoms with Crippen LogP contribution in [0.3, 0.4) is 0 Å². The fourth-order valence-electron chi connectivity index (χ4n) is 3.58. The van der Waals surface area contributed by atoms with E-state index in [1.54, 1.807) is 18.2 Å². The van der Waals surface area contributed by atoms with Crippen molar-refractivity contribution in [3.63, 3.8) is 0 Å². The summed E-state index contributed by atoms with van der Waals surface area (Å²) >= 11 is 0. The third kappa shape index (κ3) is 5.46. The van der Waals surface area contributed by atoms with Crippen molar-refractivity contribution in [3.05, 3.63) is 64.2 Å². The molecule has 160 valence electrons. The fraction of sp³-hybridized carbons (Fsp3) is 0.364. The maximum absolute atomic E-state index is 12.5. The Labute approximate surface area is 177 Å². The molecular weight excluding hydrogens is 402 g/mol. The molecule has 0 unspecified atom stereocenters. The van der Waals surface area contributed by atoms with Crippen LogP contribution < -0.4 is 15.6 Å². The number of carbonyl (C=O) groups is 2. The number of aryl methyl sites for hydroxylation is 4. The van der Waals surface area contributed by atoms with Crippen molar-refractivity contribution < 1.29 is 18.0 Å². The Morgan fingerprint density at radius 1 is 0.933 bits per heavy atom. The van der Waals surface area contributed by atoms with Gasteiger partial charge in [0.15, 0.2) is 0 Å². The maximum atomic E-state index is 12.5. The molecule has 0 bridgehead atoms. The quantitative estimate of drug-likeness (QED) is 0.613. The second-order valence-corrected chi connectivity index (χ2v) is 9.37. The van der Waals surface area contributed by atoms with Crippen molar-refractivity contribution in [2.45, 2.75) is 50.8 Å². The highest BCUT2D eigenvalue weighted by Gasteiger charge is 2.18. The molecule has 1 aliphatic carbocycles. The normalized spacial score (nSPS) is 13.4. The van der Waals surface area contributed by atoms with Gasteiger partial charge in [0.2, 0.25) is 15.9 Å². The maximum Gasteiger partial charge on any atom is 0.269 e. The van der Waals surface area contributed by atoms with Gasteiger partial charge in [-0.3, -0.25) is 20.4 Å². The Balaban J connectivity index is 1.48. The predicted octanol–water partition coefficient (Wildman–Crippen LogP) is 2.31. The molecule has 3 rings (SSSR count). The molecule has 0 heterocycles. The summed E-state index contributed by atoms with van der Waals surface area (Å²) in [6, 6.07) is 10.6. The summed E-state index contributed by atoms with van der Waals surface area (Å²) in [5.41, 5.74) is 9.27. The lowest BCUT2D eigenvalue weighted by atomic mass is 9.92. The van der Waals surface area contributed by atoms with E-state index in [1.807, 2.05) is 32.0 Å². The van der Waals surface area contributed by atoms with E-state index in [2.05, 4.69) is 15.6 Å². The van der Waals surface area contributed by atoms with E-state index in [0.717, 1.165) is 42.4 Å². The molecule has 0 saturated carbocycles. The third-order valence-electron chi connectivity index (χ3n) is 5.22. The molecule has 0 fully saturated rings. The highest BCUT2D eigenvalue weighted by Crippen LogP contribution is 2.24. The summed E-state index contributed by atoms with van der Waals surface area (Å²) in [6.07, 6.45) is 3.97. The van der Waals surface area contributed by atoms with Gasteiger partial charge in [0, 0.05) is 18.5 Å². The van der Waals surface area contributed by atoms with E-state index < -0.39 is 21.8 Å². The van der Waals surface area contributed by atoms with Gasteiger partial charge in [-0.15, -0.1) is 0 Å². The highest BCUT2D eigenvalue weighted by molar-refractivity contribution is 7.89. The zero-order chi connectivity index (χ0) is 21.7. The molecule has 2 amide bonds. The number of fused-ring (bicyclic) bond motifs is 1. The van der Waals surface area contributed by atoms with Gasteiger partial charge in [-0.2, -0.15) is 0 Å². The van der Waals surface area contributed by atoms with Crippen LogP contribution >= 0.6 is 0 Å². The van der Waals surface area contributed by atoms with Crippen LogP contribution in [0.25, 0.3) is 0 Å². The van der Waals surface area contributed by atoms with Crippen molar-refractivity contribution >= 4 is 21.8 Å². The number of hydrogen-bond acceptors (Lipinski definition) is 4. The summed E-state index contributed by atoms with van der Waals surface area (Å²) in [5.74, 6) is -0.906. The first-order chi connectivity index (χ1) is 14.3. The van der Waals surface area contributed by atoms with Crippen LogP contribution in [0.4, 0.5) is 0 Å². The molecule has 0 aliphatic heterocycles. The SMILES string of the molecule is Cc1ccc(C(=O)NNC(=O)CCNS(=O)(=O)c2ccc3c(c2)CCCC3)c(C)c1. The molecule has 2 aromatic carbocycles. The second kappa shape index (κ2) is 9.40. The number of rotatable bonds is 6. The molecule has 30 heavy (non-hydrogen) atoms. The van der Waals surface area contributed by atoms with Gasteiger partial charge in [-0.05, 0) is 74.4 Å². The van der Waals surface area contributed by atoms with Gasteiger partial charge in [-0.1, -0.05) is 23.8 Å². The largest absolute Gasteiger partial charge is 0.273 e. The molecule has 7 nitrogen and oxygen atoms in total. The number of amides is 2. The number of benzene rings is 2. The topological polar surface area (TPSA) is 104 Å². The molecule has 8 heteroatoms. The minimum atomic E-state index is -3.69. The zero-order valence-electron chi connectivity index (χ0n) is 17.2. The molecule has 2 aromatic rings. The number of sulfonamides is 1. The highest BCUT2D eigenvalue weighted by atomic mass is 32.2. The summed E-state index contributed by atoms with van der Waals surface area (Å²) in [5, 5.41) is 0. The van der Waals surface area contributed by atoms with Crippen molar-refractivity contribution in [1.82, 2.24) is 15.6 Å². The number of hydrazine groups is 1. The van der Waals surface area contributed by atoms with E-state index in [4.69, 9.17) is 0 Å². The van der Waals surface area contributed by atoms with E-state index >= 15 is 0 Å². The minimum Gasteiger partial charge on any atom is -0.273 e. The molecule has 0 saturated heterocycles. The molecule has 0 aromatic heterocycles. The first-order valence-corrected chi connectivity index (χ1v) is 11.5. The number of nitrogens with one attached hydrogen (secondary N) is 3. The summed E-state index contributed by atoms with van der Waals surface area (Å²) < 4.78 is 27.5. The molecule has 0 atom stereocenters. The summed E-state index contributed by atoms with van der Waals surface area (Å²) in [6.45, 7) is 3.69. The predicted molar refractivity (Wildman–Crippen MR) is 114 cm³/mol. The van der Waals surface area contributed by atoms with Crippen molar-refractivity contribution in [2.75, 3.05) is 6.54 Å². The van der Waals surface area contributed by atoms with Crippen molar-refractivity contribution in [3.8, 4) is 0 Å². The molecule has 0 spiro atoms. The first kappa shape index (κ1) is 22.0. The van der Waals surface area contributed by atoms with Crippen LogP contribution in [0.2, 0.25) is 0 Å². The Morgan fingerprint density at radius 2 is 1.67 bits per heavy atom. The van der Waals surface area contributed by atoms with E-state index in [0.29, 0.717) is 5.56 Å². The van der Waals surface area contributed by atoms with Crippen LogP contribution in [-0.4, -0.2) is 26.8 Å². The zero-order valence-corrected chi connectivity index (χ0v) is 18.1. The summed E-state index contributed by atoms with van der Waals surface area (Å²) in [4.78, 5) is 24.4. The van der Waals surface area contributed by atoms with Crippen LogP contribution in [-0.2, 0) is 27.7 Å². The van der Waals surface area contributed by atoms with Crippen LogP contribution in [0, 0.1) is 13.8 Å². The Kier molecular flexibility index (Phi) is 6.89. The smallest absolute Gasteiger partial charge is 0.269 e. The molecule has 3 N–H and O–H groups in total. The summed E-state index contributed by atoms with van der Waals surface area (Å²) in [7, 11) is -3.69. The average Bonchev–Trinajstić information content (AvgIpc) is 2.71. The number of hydrogen-bond donors (Lipinski definition) is 3. The van der Waals surface area contributed by atoms with Crippen LogP contribution in [0.1, 0.15) is 51.9 Å². The standard InChI is InChI=1S/C22H27N3O4S/c1-15-7-10-20(16(2)13-15)22(27)25-24-21(26)11-12-23-30(28,29)19-9-8-17-5-3-4-6-18(17)14-19/h7-10,13-14,23H,3-6,11-12H2,1-2H3,(H,24,26)(H,25,27). The van der Waals surface area contributed by atoms with E-state index in [9.17, 15) is 18.0 Å². The van der Waals surface area contributed by atoms with Crippen LogP contribution in [0.15, 0.2) is 41.3 Å². The Hall–Kier alpha value is -2.71. The van der Waals surface area contributed by atoms with Gasteiger partial charge in [0.25, 0.3) is 5.91 Å². The van der Waals surface area contributed by atoms with Gasteiger partial charge >= 0.3 is 0 Å². The minimum absolute atomic E-state index is 0.0648. The van der Waals surface area contributed by atoms with Gasteiger partial charge in [0.1, 0.15) is 0 Å². The average molecular weight is 430 g/mol. The first-order valence-electron chi connectivity index (χ1n) is 10.0. The molecule has 0 radical (unpaired) electrons. The monoisotopic (exact) mass is 429 g/mol. The lowest BCUT2D eigenvalue weighted by Crippen LogP contribution is -2.43. The lowest BCUT2D eigenvalue weighted by molar-refractivity contribution is -0.121. The fourth-order valence-corrected chi connectivity index (χ4v) is 4.67. The van der Waals surface area contributed by atoms with E-state index in [-0.39, 0.29) is 17.9 Å². The lowest BCUT2D eigenvalue weighted by Gasteiger charge is -2.16. The van der Waals surface area contributed by atoms with Crippen molar-refractivity contribution in [1.29, 1.82) is 0 Å². The Morgan fingerprint density at radius 3 is 2.40 bits per heavy atom.